The summed E-state index contributed by atoms with van der Waals surface area (Å²) in [6.45, 7) is 2.73. The van der Waals surface area contributed by atoms with Gasteiger partial charge in [-0.15, -0.1) is 0 Å². The third-order valence-corrected chi connectivity index (χ3v) is 6.20. The highest BCUT2D eigenvalue weighted by Crippen LogP contribution is 2.26. The van der Waals surface area contributed by atoms with Crippen LogP contribution >= 0.6 is 15.9 Å². The first kappa shape index (κ1) is 20.8. The van der Waals surface area contributed by atoms with Gasteiger partial charge in [0.15, 0.2) is 0 Å². The molecule has 2 N–H and O–H groups in total. The molecule has 2 aliphatic heterocycles. The minimum atomic E-state index is -0.0894. The van der Waals surface area contributed by atoms with Crippen LogP contribution in [0, 0.1) is 5.92 Å². The first-order valence-corrected chi connectivity index (χ1v) is 11.4. The molecule has 0 bridgehead atoms. The summed E-state index contributed by atoms with van der Waals surface area (Å²) in [5.74, 6) is 0.999. The number of hydrogen-bond donors (Lipinski definition) is 2. The van der Waals surface area contributed by atoms with Gasteiger partial charge >= 0.3 is 0 Å². The van der Waals surface area contributed by atoms with E-state index in [0.717, 1.165) is 41.8 Å². The highest BCUT2D eigenvalue weighted by atomic mass is 79.9. The van der Waals surface area contributed by atoms with Crippen LogP contribution in [0.3, 0.4) is 0 Å². The lowest BCUT2D eigenvalue weighted by Gasteiger charge is -2.29. The zero-order valence-corrected chi connectivity index (χ0v) is 19.0. The van der Waals surface area contributed by atoms with Gasteiger partial charge in [-0.05, 0) is 54.3 Å². The average Bonchev–Trinajstić information content (AvgIpc) is 3.34. The smallest absolute Gasteiger partial charge is 0.232 e. The summed E-state index contributed by atoms with van der Waals surface area (Å²) in [4.78, 5) is 27.8. The number of nitrogens with zero attached hydrogens (tertiary/aromatic N) is 4. The number of hydrogen-bond acceptors (Lipinski definition) is 7. The lowest BCUT2D eigenvalue weighted by atomic mass is 10.0. The molecule has 3 heterocycles. The van der Waals surface area contributed by atoms with E-state index >= 15 is 0 Å². The molecular formula is C23H23BrN6O2. The largest absolute Gasteiger partial charge is 0.381 e. The lowest BCUT2D eigenvalue weighted by molar-refractivity contribution is -0.119. The van der Waals surface area contributed by atoms with Gasteiger partial charge in [0.2, 0.25) is 17.8 Å². The Bertz CT molecular complexity index is 1130. The number of amides is 1. The normalized spacial score (nSPS) is 17.7. The highest BCUT2D eigenvalue weighted by Gasteiger charge is 2.23. The van der Waals surface area contributed by atoms with Crippen molar-refractivity contribution in [2.75, 3.05) is 35.3 Å². The SMILES string of the molecule is O=C(Nc1cccc(Nc2ncnc(N3CCc4cc(Br)ccc4C3)n2)c1)C1CCOC1. The summed E-state index contributed by atoms with van der Waals surface area (Å²) < 4.78 is 6.41. The molecule has 2 aliphatic rings. The Kier molecular flexibility index (Phi) is 6.00. The maximum Gasteiger partial charge on any atom is 0.232 e. The molecule has 1 saturated heterocycles. The van der Waals surface area contributed by atoms with Gasteiger partial charge in [0.25, 0.3) is 0 Å². The van der Waals surface area contributed by atoms with Crippen molar-refractivity contribution in [2.45, 2.75) is 19.4 Å². The van der Waals surface area contributed by atoms with Gasteiger partial charge in [-0.1, -0.05) is 28.1 Å². The summed E-state index contributed by atoms with van der Waals surface area (Å²) in [7, 11) is 0. The molecular weight excluding hydrogens is 472 g/mol. The number of anilines is 4. The van der Waals surface area contributed by atoms with E-state index in [1.165, 1.54) is 17.5 Å². The second kappa shape index (κ2) is 9.22. The first-order valence-electron chi connectivity index (χ1n) is 10.6. The standard InChI is InChI=1S/C23H23BrN6O2/c24-18-5-4-16-12-30(8-6-15(16)10-18)23-26-14-25-22(29-23)28-20-3-1-2-19(11-20)27-21(31)17-7-9-32-13-17/h1-5,10-11,14,17H,6-9,12-13H2,(H,27,31)(H,25,26,28,29). The minimum Gasteiger partial charge on any atom is -0.381 e. The number of halogens is 1. The maximum absolute atomic E-state index is 12.4. The molecule has 1 atom stereocenters. The quantitative estimate of drug-likeness (QED) is 0.555. The molecule has 1 amide bonds. The Morgan fingerprint density at radius 1 is 1.12 bits per heavy atom. The molecule has 5 rings (SSSR count). The summed E-state index contributed by atoms with van der Waals surface area (Å²) in [6.07, 6.45) is 3.22. The lowest BCUT2D eigenvalue weighted by Crippen LogP contribution is -2.32. The van der Waals surface area contributed by atoms with Crippen molar-refractivity contribution in [2.24, 2.45) is 5.92 Å². The molecule has 0 saturated carbocycles. The number of carbonyl (C=O) groups excluding carboxylic acids is 1. The van der Waals surface area contributed by atoms with Gasteiger partial charge in [0.05, 0.1) is 12.5 Å². The fraction of sp³-hybridized carbons (Fsp3) is 0.304. The molecule has 2 aromatic carbocycles. The van der Waals surface area contributed by atoms with Crippen LogP contribution in [0.25, 0.3) is 0 Å². The Morgan fingerprint density at radius 3 is 2.91 bits per heavy atom. The molecule has 1 aromatic heterocycles. The number of carbonyl (C=O) groups is 1. The average molecular weight is 495 g/mol. The van der Waals surface area contributed by atoms with Crippen LogP contribution in [-0.4, -0.2) is 40.6 Å². The summed E-state index contributed by atoms with van der Waals surface area (Å²) in [6, 6.07) is 13.9. The van der Waals surface area contributed by atoms with Crippen molar-refractivity contribution in [3.63, 3.8) is 0 Å². The Balaban J connectivity index is 1.27. The van der Waals surface area contributed by atoms with Crippen LogP contribution in [0.1, 0.15) is 17.5 Å². The first-order chi connectivity index (χ1) is 15.6. The van der Waals surface area contributed by atoms with Gasteiger partial charge in [-0.2, -0.15) is 4.98 Å². The maximum atomic E-state index is 12.4. The number of ether oxygens (including phenoxy) is 1. The van der Waals surface area contributed by atoms with Gasteiger partial charge in [0.1, 0.15) is 6.33 Å². The molecule has 9 heteroatoms. The summed E-state index contributed by atoms with van der Waals surface area (Å²) in [5.41, 5.74) is 4.15. The predicted octanol–water partition coefficient (Wildman–Crippen LogP) is 3.92. The fourth-order valence-corrected chi connectivity index (χ4v) is 4.39. The second-order valence-corrected chi connectivity index (χ2v) is 8.86. The van der Waals surface area contributed by atoms with Crippen molar-refractivity contribution >= 4 is 45.1 Å². The molecule has 0 radical (unpaired) electrons. The molecule has 3 aromatic rings. The van der Waals surface area contributed by atoms with E-state index < -0.39 is 0 Å². The molecule has 1 fully saturated rings. The third kappa shape index (κ3) is 4.73. The van der Waals surface area contributed by atoms with Crippen molar-refractivity contribution in [1.29, 1.82) is 0 Å². The highest BCUT2D eigenvalue weighted by molar-refractivity contribution is 9.10. The van der Waals surface area contributed by atoms with Gasteiger partial charge in [-0.25, -0.2) is 9.97 Å². The van der Waals surface area contributed by atoms with E-state index in [9.17, 15) is 4.79 Å². The summed E-state index contributed by atoms with van der Waals surface area (Å²) >= 11 is 3.54. The molecule has 0 spiro atoms. The van der Waals surface area contributed by atoms with E-state index in [0.29, 0.717) is 25.1 Å². The van der Waals surface area contributed by atoms with Crippen LogP contribution in [0.2, 0.25) is 0 Å². The molecule has 1 unspecified atom stereocenters. The van der Waals surface area contributed by atoms with Crippen molar-refractivity contribution in [1.82, 2.24) is 15.0 Å². The summed E-state index contributed by atoms with van der Waals surface area (Å²) in [5, 5.41) is 6.18. The molecule has 8 nitrogen and oxygen atoms in total. The van der Waals surface area contributed by atoms with E-state index in [4.69, 9.17) is 4.74 Å². The second-order valence-electron chi connectivity index (χ2n) is 7.95. The molecule has 164 valence electrons. The van der Waals surface area contributed by atoms with Crippen molar-refractivity contribution in [3.8, 4) is 0 Å². The van der Waals surface area contributed by atoms with Crippen molar-refractivity contribution in [3.05, 3.63) is 64.4 Å². The minimum absolute atomic E-state index is 0.0143. The third-order valence-electron chi connectivity index (χ3n) is 5.71. The Hall–Kier alpha value is -3.04. The predicted molar refractivity (Wildman–Crippen MR) is 126 cm³/mol. The zero-order valence-electron chi connectivity index (χ0n) is 17.4. The van der Waals surface area contributed by atoms with Crippen LogP contribution < -0.4 is 15.5 Å². The number of aromatic nitrogens is 3. The number of fused-ring (bicyclic) bond motifs is 1. The van der Waals surface area contributed by atoms with Gasteiger partial charge in [-0.3, -0.25) is 4.79 Å². The Morgan fingerprint density at radius 2 is 2.03 bits per heavy atom. The molecule has 32 heavy (non-hydrogen) atoms. The van der Waals surface area contributed by atoms with Crippen molar-refractivity contribution < 1.29 is 9.53 Å². The Labute approximate surface area is 194 Å². The van der Waals surface area contributed by atoms with Gasteiger partial charge in [0, 0.05) is 35.5 Å². The van der Waals surface area contributed by atoms with E-state index in [-0.39, 0.29) is 11.8 Å². The van der Waals surface area contributed by atoms with E-state index in [1.807, 2.05) is 24.3 Å². The topological polar surface area (TPSA) is 92.3 Å². The zero-order chi connectivity index (χ0) is 21.9. The monoisotopic (exact) mass is 494 g/mol. The van der Waals surface area contributed by atoms with Crippen LogP contribution in [-0.2, 0) is 22.5 Å². The number of benzene rings is 2. The van der Waals surface area contributed by atoms with Gasteiger partial charge < -0.3 is 20.3 Å². The van der Waals surface area contributed by atoms with E-state index in [1.54, 1.807) is 0 Å². The number of nitrogens with one attached hydrogen (secondary N) is 2. The molecule has 0 aliphatic carbocycles. The van der Waals surface area contributed by atoms with Crippen LogP contribution in [0.4, 0.5) is 23.3 Å². The van der Waals surface area contributed by atoms with Crippen LogP contribution in [0.15, 0.2) is 53.3 Å². The number of rotatable bonds is 5. The fourth-order valence-electron chi connectivity index (χ4n) is 3.98. The van der Waals surface area contributed by atoms with Crippen LogP contribution in [0.5, 0.6) is 0 Å². The van der Waals surface area contributed by atoms with E-state index in [2.05, 4.69) is 64.6 Å².